The number of hydrogen-bond acceptors (Lipinski definition) is 5. The third kappa shape index (κ3) is 3.08. The van der Waals surface area contributed by atoms with Crippen molar-refractivity contribution < 1.29 is 4.92 Å². The van der Waals surface area contributed by atoms with Crippen LogP contribution in [0.3, 0.4) is 0 Å². The maximum Gasteiger partial charge on any atom is 0.372 e. The van der Waals surface area contributed by atoms with E-state index in [1.165, 1.54) is 30.1 Å². The number of aromatic nitrogens is 2. The zero-order valence-corrected chi connectivity index (χ0v) is 14.4. The van der Waals surface area contributed by atoms with Gasteiger partial charge in [-0.15, -0.1) is 0 Å². The summed E-state index contributed by atoms with van der Waals surface area (Å²) in [4.78, 5) is 17.8. The summed E-state index contributed by atoms with van der Waals surface area (Å²) in [6, 6.07) is 5.39. The van der Waals surface area contributed by atoms with Gasteiger partial charge in [0, 0.05) is 18.2 Å². The normalized spacial score (nSPS) is 17.8. The Balaban J connectivity index is 1.88. The molecule has 0 amide bonds. The fourth-order valence-corrected chi connectivity index (χ4v) is 3.69. The van der Waals surface area contributed by atoms with Crippen molar-refractivity contribution in [1.29, 1.82) is 0 Å². The van der Waals surface area contributed by atoms with Crippen LogP contribution in [0.2, 0.25) is 0 Å². The van der Waals surface area contributed by atoms with Crippen molar-refractivity contribution in [3.05, 3.63) is 34.5 Å². The molecular weight excluding hydrogens is 306 g/mol. The minimum Gasteiger partial charge on any atom is -0.361 e. The lowest BCUT2D eigenvalue weighted by Gasteiger charge is -2.39. The van der Waals surface area contributed by atoms with Crippen LogP contribution in [0.25, 0.3) is 5.65 Å². The molecule has 130 valence electrons. The Labute approximate surface area is 141 Å². The highest BCUT2D eigenvalue weighted by Crippen LogP contribution is 2.33. The molecule has 0 atom stereocenters. The van der Waals surface area contributed by atoms with Gasteiger partial charge >= 0.3 is 5.82 Å². The topological polar surface area (TPSA) is 75.7 Å². The first-order valence-corrected chi connectivity index (χ1v) is 8.56. The van der Waals surface area contributed by atoms with Crippen LogP contribution in [0, 0.1) is 10.1 Å². The highest BCUT2D eigenvalue weighted by Gasteiger charge is 2.34. The van der Waals surface area contributed by atoms with E-state index in [9.17, 15) is 10.1 Å². The molecule has 0 spiro atoms. The second-order valence-corrected chi connectivity index (χ2v) is 6.86. The Bertz CT molecular complexity index is 717. The van der Waals surface area contributed by atoms with E-state index in [1.54, 1.807) is 18.3 Å². The molecular formula is C17H25N5O2. The zero-order chi connectivity index (χ0) is 17.2. The number of nitrogens with zero attached hydrogens (tertiary/aromatic N) is 4. The third-order valence-electron chi connectivity index (χ3n) is 5.25. The molecule has 1 saturated carbocycles. The number of imidazole rings is 1. The van der Waals surface area contributed by atoms with E-state index in [2.05, 4.69) is 29.3 Å². The van der Waals surface area contributed by atoms with Gasteiger partial charge in [0.15, 0.2) is 0 Å². The molecule has 0 unspecified atom stereocenters. The van der Waals surface area contributed by atoms with E-state index in [0.717, 1.165) is 12.8 Å². The standard InChI is InChI=1S/C17H25N5O2/c1-20(2)17(10-6-3-4-7-11-17)13-18-15-16(22(23)24)21-12-8-5-9-14(21)19-15/h5,8-9,12,18H,3-4,6-7,10-11,13H2,1-2H3. The SMILES string of the molecule is CN(C)C1(CNc2nc3ccccn3c2[N+](=O)[O-])CCCCCC1. The number of anilines is 1. The average molecular weight is 331 g/mol. The second kappa shape index (κ2) is 6.76. The molecule has 1 aliphatic rings. The molecule has 2 aromatic rings. The van der Waals surface area contributed by atoms with Gasteiger partial charge in [0.1, 0.15) is 0 Å². The summed E-state index contributed by atoms with van der Waals surface area (Å²) in [5.74, 6) is 0.366. The van der Waals surface area contributed by atoms with E-state index in [-0.39, 0.29) is 16.3 Å². The van der Waals surface area contributed by atoms with Gasteiger partial charge in [-0.3, -0.25) is 0 Å². The second-order valence-electron chi connectivity index (χ2n) is 6.86. The van der Waals surface area contributed by atoms with E-state index >= 15 is 0 Å². The zero-order valence-electron chi connectivity index (χ0n) is 14.4. The van der Waals surface area contributed by atoms with Crippen molar-refractivity contribution in [3.63, 3.8) is 0 Å². The Morgan fingerprint density at radius 3 is 2.62 bits per heavy atom. The van der Waals surface area contributed by atoms with Gasteiger partial charge in [0.2, 0.25) is 11.5 Å². The van der Waals surface area contributed by atoms with Crippen molar-refractivity contribution in [3.8, 4) is 0 Å². The van der Waals surface area contributed by atoms with Crippen LogP contribution in [0.5, 0.6) is 0 Å². The van der Waals surface area contributed by atoms with Crippen molar-refractivity contribution in [1.82, 2.24) is 14.3 Å². The number of rotatable bonds is 5. The third-order valence-corrected chi connectivity index (χ3v) is 5.25. The highest BCUT2D eigenvalue weighted by atomic mass is 16.6. The molecule has 0 aromatic carbocycles. The van der Waals surface area contributed by atoms with E-state index < -0.39 is 0 Å². The van der Waals surface area contributed by atoms with Gasteiger partial charge < -0.3 is 20.3 Å². The molecule has 0 bridgehead atoms. The molecule has 7 heteroatoms. The van der Waals surface area contributed by atoms with Crippen molar-refractivity contribution in [2.45, 2.75) is 44.1 Å². The van der Waals surface area contributed by atoms with Gasteiger partial charge in [-0.25, -0.2) is 0 Å². The quantitative estimate of drug-likeness (QED) is 0.517. The van der Waals surface area contributed by atoms with Gasteiger partial charge in [-0.2, -0.15) is 9.38 Å². The van der Waals surface area contributed by atoms with E-state index in [1.807, 2.05) is 6.07 Å². The van der Waals surface area contributed by atoms with Gasteiger partial charge in [0.25, 0.3) is 0 Å². The molecule has 24 heavy (non-hydrogen) atoms. The number of fused-ring (bicyclic) bond motifs is 1. The summed E-state index contributed by atoms with van der Waals surface area (Å²) in [6.07, 6.45) is 8.83. The van der Waals surface area contributed by atoms with E-state index in [4.69, 9.17) is 0 Å². The predicted molar refractivity (Wildman–Crippen MR) is 94.5 cm³/mol. The molecule has 0 saturated heterocycles. The lowest BCUT2D eigenvalue weighted by Crippen LogP contribution is -2.49. The van der Waals surface area contributed by atoms with E-state index in [0.29, 0.717) is 18.0 Å². The lowest BCUT2D eigenvalue weighted by molar-refractivity contribution is -0.389. The van der Waals surface area contributed by atoms with Crippen LogP contribution in [0.1, 0.15) is 38.5 Å². The van der Waals surface area contributed by atoms with Gasteiger partial charge in [-0.05, 0) is 37.9 Å². The van der Waals surface area contributed by atoms with Crippen LogP contribution in [0.15, 0.2) is 24.4 Å². The van der Waals surface area contributed by atoms with Crippen LogP contribution < -0.4 is 5.32 Å². The first-order chi connectivity index (χ1) is 11.5. The maximum atomic E-state index is 11.5. The number of nitrogens with one attached hydrogen (secondary N) is 1. The lowest BCUT2D eigenvalue weighted by atomic mass is 9.88. The number of likely N-dealkylation sites (N-methyl/N-ethyl adjacent to an activating group) is 1. The van der Waals surface area contributed by atoms with Crippen LogP contribution >= 0.6 is 0 Å². The Morgan fingerprint density at radius 1 is 1.29 bits per heavy atom. The Kier molecular flexibility index (Phi) is 4.71. The summed E-state index contributed by atoms with van der Waals surface area (Å²) in [7, 11) is 4.20. The van der Waals surface area contributed by atoms with Crippen LogP contribution in [-0.2, 0) is 0 Å². The predicted octanol–water partition coefficient (Wildman–Crippen LogP) is 3.31. The number of hydrogen-bond donors (Lipinski definition) is 1. The molecule has 7 nitrogen and oxygen atoms in total. The summed E-state index contributed by atoms with van der Waals surface area (Å²) in [5.41, 5.74) is 0.617. The molecule has 1 aliphatic carbocycles. The number of pyridine rings is 1. The van der Waals surface area contributed by atoms with Gasteiger partial charge in [0.05, 0.1) is 6.20 Å². The fraction of sp³-hybridized carbons (Fsp3) is 0.588. The van der Waals surface area contributed by atoms with Gasteiger partial charge in [-0.1, -0.05) is 31.7 Å². The summed E-state index contributed by atoms with van der Waals surface area (Å²) >= 11 is 0. The Morgan fingerprint density at radius 2 is 2.00 bits per heavy atom. The monoisotopic (exact) mass is 331 g/mol. The maximum absolute atomic E-state index is 11.5. The smallest absolute Gasteiger partial charge is 0.361 e. The molecule has 3 rings (SSSR count). The molecule has 2 aromatic heterocycles. The Hall–Kier alpha value is -2.15. The van der Waals surface area contributed by atoms with Crippen LogP contribution in [0.4, 0.5) is 11.6 Å². The molecule has 1 N–H and O–H groups in total. The minimum absolute atomic E-state index is 0.00753. The summed E-state index contributed by atoms with van der Waals surface area (Å²) in [6.45, 7) is 0.671. The molecule has 2 heterocycles. The average Bonchev–Trinajstić information content (AvgIpc) is 2.75. The molecule has 1 fully saturated rings. The van der Waals surface area contributed by atoms with Crippen LogP contribution in [-0.4, -0.2) is 45.4 Å². The highest BCUT2D eigenvalue weighted by molar-refractivity contribution is 5.62. The summed E-state index contributed by atoms with van der Waals surface area (Å²) < 4.78 is 1.53. The summed E-state index contributed by atoms with van der Waals surface area (Å²) in [5, 5.41) is 14.8. The first kappa shape index (κ1) is 16.7. The first-order valence-electron chi connectivity index (χ1n) is 8.56. The largest absolute Gasteiger partial charge is 0.372 e. The minimum atomic E-state index is -0.363. The van der Waals surface area contributed by atoms with Crippen molar-refractivity contribution >= 4 is 17.3 Å². The van der Waals surface area contributed by atoms with Crippen molar-refractivity contribution in [2.24, 2.45) is 0 Å². The molecule has 0 radical (unpaired) electrons. The fourth-order valence-electron chi connectivity index (χ4n) is 3.69. The molecule has 0 aliphatic heterocycles. The van der Waals surface area contributed by atoms with Crippen molar-refractivity contribution in [2.75, 3.05) is 26.0 Å². The number of nitro groups is 1.